The lowest BCUT2D eigenvalue weighted by atomic mass is 10.1. The SMILES string of the molecule is Cl.Cn1cc(Cl)cc1C(=O)N[C@@H]1CCCNC1. The van der Waals surface area contributed by atoms with Crippen LogP contribution in [0.4, 0.5) is 0 Å². The van der Waals surface area contributed by atoms with Gasteiger partial charge < -0.3 is 15.2 Å². The Morgan fingerprint density at radius 1 is 1.65 bits per heavy atom. The minimum absolute atomic E-state index is 0. The largest absolute Gasteiger partial charge is 0.347 e. The normalized spacial score (nSPS) is 19.5. The first-order chi connectivity index (χ1) is 7.66. The van der Waals surface area contributed by atoms with Crippen LogP contribution in [0, 0.1) is 0 Å². The zero-order valence-electron chi connectivity index (χ0n) is 9.70. The first kappa shape index (κ1) is 14.4. The number of carbonyl (C=O) groups is 1. The summed E-state index contributed by atoms with van der Waals surface area (Å²) in [6, 6.07) is 1.92. The van der Waals surface area contributed by atoms with E-state index in [2.05, 4.69) is 10.6 Å². The Bertz CT molecular complexity index is 386. The average molecular weight is 278 g/mol. The maximum absolute atomic E-state index is 11.9. The molecule has 0 spiro atoms. The van der Waals surface area contributed by atoms with E-state index in [1.54, 1.807) is 16.8 Å². The summed E-state index contributed by atoms with van der Waals surface area (Å²) in [6.45, 7) is 1.90. The fourth-order valence-electron chi connectivity index (χ4n) is 1.98. The molecule has 2 heterocycles. The number of halogens is 2. The summed E-state index contributed by atoms with van der Waals surface area (Å²) in [5, 5.41) is 6.86. The van der Waals surface area contributed by atoms with E-state index in [1.807, 2.05) is 7.05 Å². The molecule has 4 nitrogen and oxygen atoms in total. The van der Waals surface area contributed by atoms with Gasteiger partial charge in [0.15, 0.2) is 0 Å². The molecule has 2 rings (SSSR count). The number of nitrogens with zero attached hydrogens (tertiary/aromatic N) is 1. The molecule has 17 heavy (non-hydrogen) atoms. The van der Waals surface area contributed by atoms with Gasteiger partial charge in [0.2, 0.25) is 0 Å². The Kier molecular flexibility index (Phi) is 5.31. The number of hydrogen-bond acceptors (Lipinski definition) is 2. The Hall–Kier alpha value is -0.710. The predicted octanol–water partition coefficient (Wildman–Crippen LogP) is 1.58. The van der Waals surface area contributed by atoms with Gasteiger partial charge in [0.05, 0.1) is 5.02 Å². The molecule has 0 unspecified atom stereocenters. The molecule has 96 valence electrons. The summed E-state index contributed by atoms with van der Waals surface area (Å²) in [7, 11) is 1.82. The van der Waals surface area contributed by atoms with E-state index < -0.39 is 0 Å². The first-order valence-corrected chi connectivity index (χ1v) is 5.88. The van der Waals surface area contributed by atoms with E-state index in [4.69, 9.17) is 11.6 Å². The van der Waals surface area contributed by atoms with Gasteiger partial charge in [-0.1, -0.05) is 11.6 Å². The zero-order chi connectivity index (χ0) is 11.5. The Labute approximate surface area is 112 Å². The molecule has 0 aromatic carbocycles. The Balaban J connectivity index is 0.00000144. The zero-order valence-corrected chi connectivity index (χ0v) is 11.3. The van der Waals surface area contributed by atoms with Gasteiger partial charge in [0, 0.05) is 25.8 Å². The van der Waals surface area contributed by atoms with Crippen molar-refractivity contribution in [2.45, 2.75) is 18.9 Å². The smallest absolute Gasteiger partial charge is 0.268 e. The molecule has 0 saturated carbocycles. The van der Waals surface area contributed by atoms with Gasteiger partial charge in [-0.15, -0.1) is 12.4 Å². The molecule has 0 aliphatic carbocycles. The molecule has 1 aromatic heterocycles. The first-order valence-electron chi connectivity index (χ1n) is 5.50. The molecule has 1 atom stereocenters. The predicted molar refractivity (Wildman–Crippen MR) is 71.0 cm³/mol. The van der Waals surface area contributed by atoms with E-state index in [1.165, 1.54) is 0 Å². The van der Waals surface area contributed by atoms with E-state index in [0.29, 0.717) is 10.7 Å². The molecule has 0 bridgehead atoms. The number of hydrogen-bond donors (Lipinski definition) is 2. The average Bonchev–Trinajstić information content (AvgIpc) is 2.59. The molecule has 1 aliphatic heterocycles. The number of aryl methyl sites for hydroxylation is 1. The summed E-state index contributed by atoms with van der Waals surface area (Å²) in [6.07, 6.45) is 3.88. The van der Waals surface area contributed by atoms with Crippen LogP contribution in [-0.4, -0.2) is 29.6 Å². The number of amides is 1. The lowest BCUT2D eigenvalue weighted by Gasteiger charge is -2.23. The number of rotatable bonds is 2. The number of nitrogens with one attached hydrogen (secondary N) is 2. The van der Waals surface area contributed by atoms with Crippen molar-refractivity contribution in [1.82, 2.24) is 15.2 Å². The molecule has 1 saturated heterocycles. The molecule has 1 amide bonds. The Morgan fingerprint density at radius 3 is 2.94 bits per heavy atom. The van der Waals surface area contributed by atoms with Crippen molar-refractivity contribution in [1.29, 1.82) is 0 Å². The van der Waals surface area contributed by atoms with E-state index >= 15 is 0 Å². The van der Waals surface area contributed by atoms with Gasteiger partial charge in [0.1, 0.15) is 5.69 Å². The van der Waals surface area contributed by atoms with Gasteiger partial charge in [-0.25, -0.2) is 0 Å². The van der Waals surface area contributed by atoms with Crippen molar-refractivity contribution in [2.75, 3.05) is 13.1 Å². The minimum Gasteiger partial charge on any atom is -0.347 e. The Morgan fingerprint density at radius 2 is 2.41 bits per heavy atom. The fraction of sp³-hybridized carbons (Fsp3) is 0.545. The van der Waals surface area contributed by atoms with E-state index in [0.717, 1.165) is 25.9 Å². The van der Waals surface area contributed by atoms with Crippen molar-refractivity contribution in [3.05, 3.63) is 23.0 Å². The monoisotopic (exact) mass is 277 g/mol. The van der Waals surface area contributed by atoms with Gasteiger partial charge >= 0.3 is 0 Å². The highest BCUT2D eigenvalue weighted by molar-refractivity contribution is 6.31. The summed E-state index contributed by atoms with van der Waals surface area (Å²) in [5.74, 6) is -0.0527. The van der Waals surface area contributed by atoms with Gasteiger partial charge in [-0.2, -0.15) is 0 Å². The lowest BCUT2D eigenvalue weighted by Crippen LogP contribution is -2.45. The molecule has 1 aromatic rings. The topological polar surface area (TPSA) is 46.1 Å². The van der Waals surface area contributed by atoms with Crippen molar-refractivity contribution in [3.8, 4) is 0 Å². The van der Waals surface area contributed by atoms with Crippen LogP contribution in [0.5, 0.6) is 0 Å². The van der Waals surface area contributed by atoms with E-state index in [9.17, 15) is 4.79 Å². The molecule has 2 N–H and O–H groups in total. The summed E-state index contributed by atoms with van der Waals surface area (Å²) >= 11 is 5.84. The summed E-state index contributed by atoms with van der Waals surface area (Å²) in [4.78, 5) is 11.9. The van der Waals surface area contributed by atoms with Crippen molar-refractivity contribution < 1.29 is 4.79 Å². The molecule has 0 radical (unpaired) electrons. The maximum Gasteiger partial charge on any atom is 0.268 e. The molecular weight excluding hydrogens is 261 g/mol. The number of aromatic nitrogens is 1. The van der Waals surface area contributed by atoms with Crippen molar-refractivity contribution >= 4 is 29.9 Å². The molecule has 1 fully saturated rings. The minimum atomic E-state index is -0.0527. The third-order valence-corrected chi connectivity index (χ3v) is 3.04. The maximum atomic E-state index is 11.9. The molecular formula is C11H17Cl2N3O. The van der Waals surface area contributed by atoms with Crippen molar-refractivity contribution in [2.24, 2.45) is 7.05 Å². The van der Waals surface area contributed by atoms with Crippen LogP contribution < -0.4 is 10.6 Å². The quantitative estimate of drug-likeness (QED) is 0.862. The summed E-state index contributed by atoms with van der Waals surface area (Å²) < 4.78 is 1.74. The van der Waals surface area contributed by atoms with Gasteiger partial charge in [-0.3, -0.25) is 4.79 Å². The van der Waals surface area contributed by atoms with Crippen LogP contribution in [0.1, 0.15) is 23.3 Å². The second-order valence-corrected chi connectivity index (χ2v) is 4.61. The standard InChI is InChI=1S/C11H16ClN3O.ClH/c1-15-7-8(12)5-10(15)11(16)14-9-3-2-4-13-6-9;/h5,7,9,13H,2-4,6H2,1H3,(H,14,16);1H/t9-;/m1./s1. The molecule has 6 heteroatoms. The highest BCUT2D eigenvalue weighted by Gasteiger charge is 2.18. The van der Waals surface area contributed by atoms with Crippen LogP contribution in [0.15, 0.2) is 12.3 Å². The number of carbonyl (C=O) groups excluding carboxylic acids is 1. The van der Waals surface area contributed by atoms with E-state index in [-0.39, 0.29) is 24.4 Å². The third kappa shape index (κ3) is 3.63. The highest BCUT2D eigenvalue weighted by Crippen LogP contribution is 2.13. The third-order valence-electron chi connectivity index (χ3n) is 2.84. The second kappa shape index (κ2) is 6.28. The van der Waals surface area contributed by atoms with Crippen LogP contribution in [0.3, 0.4) is 0 Å². The van der Waals surface area contributed by atoms with Crippen LogP contribution in [-0.2, 0) is 7.05 Å². The fourth-order valence-corrected chi connectivity index (χ4v) is 2.23. The van der Waals surface area contributed by atoms with Crippen LogP contribution in [0.25, 0.3) is 0 Å². The van der Waals surface area contributed by atoms with Gasteiger partial charge in [0.25, 0.3) is 5.91 Å². The number of piperidine rings is 1. The highest BCUT2D eigenvalue weighted by atomic mass is 35.5. The van der Waals surface area contributed by atoms with Crippen LogP contribution in [0.2, 0.25) is 5.02 Å². The second-order valence-electron chi connectivity index (χ2n) is 4.17. The van der Waals surface area contributed by atoms with Crippen LogP contribution >= 0.6 is 24.0 Å². The van der Waals surface area contributed by atoms with Gasteiger partial charge in [-0.05, 0) is 25.5 Å². The molecule has 1 aliphatic rings. The summed E-state index contributed by atoms with van der Waals surface area (Å²) in [5.41, 5.74) is 0.607. The van der Waals surface area contributed by atoms with Crippen molar-refractivity contribution in [3.63, 3.8) is 0 Å². The lowest BCUT2D eigenvalue weighted by molar-refractivity contribution is 0.0922.